The number of carbonyl (C=O) groups excluding carboxylic acids is 2. The third-order valence-corrected chi connectivity index (χ3v) is 5.59. The summed E-state index contributed by atoms with van der Waals surface area (Å²) >= 11 is 0. The molecule has 0 aliphatic carbocycles. The first-order chi connectivity index (χ1) is 14.5. The Labute approximate surface area is 176 Å². The van der Waals surface area contributed by atoms with Crippen molar-refractivity contribution in [1.82, 2.24) is 4.90 Å². The van der Waals surface area contributed by atoms with E-state index in [-0.39, 0.29) is 11.8 Å². The van der Waals surface area contributed by atoms with Crippen molar-refractivity contribution in [2.45, 2.75) is 20.8 Å². The Morgan fingerprint density at radius 3 is 2.27 bits per heavy atom. The fourth-order valence-electron chi connectivity index (χ4n) is 3.84. The molecule has 2 amide bonds. The van der Waals surface area contributed by atoms with Gasteiger partial charge >= 0.3 is 0 Å². The smallest absolute Gasteiger partial charge is 0.282 e. The highest BCUT2D eigenvalue weighted by Gasteiger charge is 2.42. The summed E-state index contributed by atoms with van der Waals surface area (Å²) in [7, 11) is 0. The fraction of sp³-hybridized carbons (Fsp3) is 0.333. The van der Waals surface area contributed by atoms with Gasteiger partial charge in [0.05, 0.1) is 31.1 Å². The summed E-state index contributed by atoms with van der Waals surface area (Å²) in [6.07, 6.45) is 0. The predicted octanol–water partition coefficient (Wildman–Crippen LogP) is 3.32. The Balaban J connectivity index is 1.79. The molecule has 4 rings (SSSR count). The Bertz CT molecular complexity index is 1000. The van der Waals surface area contributed by atoms with E-state index >= 15 is 0 Å². The van der Waals surface area contributed by atoms with Gasteiger partial charge in [0.2, 0.25) is 0 Å². The van der Waals surface area contributed by atoms with E-state index in [0.29, 0.717) is 55.4 Å². The van der Waals surface area contributed by atoms with Crippen molar-refractivity contribution in [2.24, 2.45) is 0 Å². The lowest BCUT2D eigenvalue weighted by molar-refractivity contribution is -0.121. The van der Waals surface area contributed by atoms with Gasteiger partial charge in [-0.2, -0.15) is 0 Å². The van der Waals surface area contributed by atoms with Crippen LogP contribution in [0.1, 0.15) is 23.6 Å². The van der Waals surface area contributed by atoms with Gasteiger partial charge in [-0.1, -0.05) is 18.2 Å². The van der Waals surface area contributed by atoms with Crippen molar-refractivity contribution in [3.8, 4) is 5.75 Å². The SMILES string of the molecule is CCOc1ccc(C2=C(N3CCOCC3)C(=O)N(c3ccc(C)c(C)c3)C2=O)cc1. The molecule has 0 bridgehead atoms. The summed E-state index contributed by atoms with van der Waals surface area (Å²) in [6, 6.07) is 13.0. The van der Waals surface area contributed by atoms with Gasteiger partial charge in [-0.15, -0.1) is 0 Å². The number of hydrogen-bond donors (Lipinski definition) is 0. The molecule has 2 aliphatic rings. The molecule has 156 valence electrons. The second-order valence-electron chi connectivity index (χ2n) is 7.49. The van der Waals surface area contributed by atoms with Crippen molar-refractivity contribution in [3.63, 3.8) is 0 Å². The van der Waals surface area contributed by atoms with Gasteiger partial charge in [-0.05, 0) is 61.7 Å². The van der Waals surface area contributed by atoms with Gasteiger partial charge in [0, 0.05) is 13.1 Å². The first kappa shape index (κ1) is 20.2. The molecule has 2 aliphatic heterocycles. The minimum absolute atomic E-state index is 0.283. The molecule has 1 saturated heterocycles. The van der Waals surface area contributed by atoms with E-state index in [1.807, 2.05) is 68.1 Å². The maximum absolute atomic E-state index is 13.5. The zero-order valence-electron chi connectivity index (χ0n) is 17.6. The molecule has 0 spiro atoms. The van der Waals surface area contributed by atoms with Gasteiger partial charge in [-0.3, -0.25) is 9.59 Å². The molecule has 0 unspecified atom stereocenters. The zero-order chi connectivity index (χ0) is 21.3. The van der Waals surface area contributed by atoms with Crippen molar-refractivity contribution >= 4 is 23.1 Å². The van der Waals surface area contributed by atoms with Gasteiger partial charge in [0.1, 0.15) is 11.4 Å². The van der Waals surface area contributed by atoms with E-state index in [1.165, 1.54) is 4.90 Å². The van der Waals surface area contributed by atoms with Crippen LogP contribution in [-0.4, -0.2) is 49.6 Å². The molecule has 0 N–H and O–H groups in total. The third-order valence-electron chi connectivity index (χ3n) is 5.59. The topological polar surface area (TPSA) is 59.1 Å². The number of anilines is 1. The summed E-state index contributed by atoms with van der Waals surface area (Å²) in [4.78, 5) is 30.3. The fourth-order valence-corrected chi connectivity index (χ4v) is 3.84. The van der Waals surface area contributed by atoms with Gasteiger partial charge in [0.15, 0.2) is 0 Å². The predicted molar refractivity (Wildman–Crippen MR) is 115 cm³/mol. The van der Waals surface area contributed by atoms with Crippen LogP contribution in [0.15, 0.2) is 48.2 Å². The largest absolute Gasteiger partial charge is 0.494 e. The van der Waals surface area contributed by atoms with Crippen LogP contribution in [0.5, 0.6) is 5.75 Å². The molecule has 6 nitrogen and oxygen atoms in total. The van der Waals surface area contributed by atoms with Crippen LogP contribution in [-0.2, 0) is 14.3 Å². The normalized spacial score (nSPS) is 17.2. The lowest BCUT2D eigenvalue weighted by Gasteiger charge is -2.29. The maximum atomic E-state index is 13.5. The number of benzene rings is 2. The maximum Gasteiger partial charge on any atom is 0.282 e. The first-order valence-electron chi connectivity index (χ1n) is 10.3. The molecule has 0 saturated carbocycles. The lowest BCUT2D eigenvalue weighted by atomic mass is 10.0. The average Bonchev–Trinajstić information content (AvgIpc) is 3.02. The number of imide groups is 1. The molecule has 2 aromatic carbocycles. The number of rotatable bonds is 5. The van der Waals surface area contributed by atoms with Gasteiger partial charge < -0.3 is 14.4 Å². The summed E-state index contributed by atoms with van der Waals surface area (Å²) < 4.78 is 11.0. The van der Waals surface area contributed by atoms with E-state index in [4.69, 9.17) is 9.47 Å². The summed E-state index contributed by atoms with van der Waals surface area (Å²) in [5.74, 6) is 0.153. The van der Waals surface area contributed by atoms with Crippen LogP contribution in [0, 0.1) is 13.8 Å². The van der Waals surface area contributed by atoms with Crippen LogP contribution in [0.4, 0.5) is 5.69 Å². The Hall–Kier alpha value is -3.12. The van der Waals surface area contributed by atoms with Crippen molar-refractivity contribution in [1.29, 1.82) is 0 Å². The summed E-state index contributed by atoms with van der Waals surface area (Å²) in [6.45, 7) is 8.71. The van der Waals surface area contributed by atoms with E-state index in [1.54, 1.807) is 0 Å². The number of nitrogens with zero attached hydrogens (tertiary/aromatic N) is 2. The van der Waals surface area contributed by atoms with Crippen molar-refractivity contribution in [3.05, 3.63) is 64.9 Å². The van der Waals surface area contributed by atoms with Gasteiger partial charge in [0.25, 0.3) is 11.8 Å². The average molecular weight is 406 g/mol. The molecular weight excluding hydrogens is 380 g/mol. The quantitative estimate of drug-likeness (QED) is 0.713. The number of amides is 2. The zero-order valence-corrected chi connectivity index (χ0v) is 17.6. The second-order valence-corrected chi connectivity index (χ2v) is 7.49. The van der Waals surface area contributed by atoms with Crippen LogP contribution >= 0.6 is 0 Å². The summed E-state index contributed by atoms with van der Waals surface area (Å²) in [5, 5.41) is 0. The molecular formula is C24H26N2O4. The number of morpholine rings is 1. The van der Waals surface area contributed by atoms with Crippen LogP contribution < -0.4 is 9.64 Å². The number of ether oxygens (including phenoxy) is 2. The first-order valence-corrected chi connectivity index (χ1v) is 10.3. The third kappa shape index (κ3) is 3.59. The summed E-state index contributed by atoms with van der Waals surface area (Å²) in [5.41, 5.74) is 4.35. The molecule has 0 radical (unpaired) electrons. The number of carbonyl (C=O) groups is 2. The molecule has 1 fully saturated rings. The highest BCUT2D eigenvalue weighted by molar-refractivity contribution is 6.45. The molecule has 6 heteroatoms. The lowest BCUT2D eigenvalue weighted by Crippen LogP contribution is -2.40. The highest BCUT2D eigenvalue weighted by atomic mass is 16.5. The van der Waals surface area contributed by atoms with E-state index < -0.39 is 0 Å². The Kier molecular flexibility index (Phi) is 5.59. The number of aryl methyl sites for hydroxylation is 2. The molecule has 0 aromatic heterocycles. The Morgan fingerprint density at radius 2 is 1.63 bits per heavy atom. The second kappa shape index (κ2) is 8.32. The van der Waals surface area contributed by atoms with Crippen molar-refractivity contribution < 1.29 is 19.1 Å². The molecule has 30 heavy (non-hydrogen) atoms. The minimum atomic E-state index is -0.297. The number of hydrogen-bond acceptors (Lipinski definition) is 5. The van der Waals surface area contributed by atoms with Crippen LogP contribution in [0.3, 0.4) is 0 Å². The van der Waals surface area contributed by atoms with Crippen LogP contribution in [0.25, 0.3) is 5.57 Å². The Morgan fingerprint density at radius 1 is 0.933 bits per heavy atom. The molecule has 2 aromatic rings. The standard InChI is InChI=1S/C24H26N2O4/c1-4-30-20-9-6-18(7-10-20)21-22(25-11-13-29-14-12-25)24(28)26(23(21)27)19-8-5-16(2)17(3)15-19/h5-10,15H,4,11-14H2,1-3H3. The minimum Gasteiger partial charge on any atom is -0.494 e. The highest BCUT2D eigenvalue weighted by Crippen LogP contribution is 2.36. The van der Waals surface area contributed by atoms with Crippen molar-refractivity contribution in [2.75, 3.05) is 37.8 Å². The van der Waals surface area contributed by atoms with E-state index in [2.05, 4.69) is 0 Å². The van der Waals surface area contributed by atoms with Crippen LogP contribution in [0.2, 0.25) is 0 Å². The monoisotopic (exact) mass is 406 g/mol. The van der Waals surface area contributed by atoms with Gasteiger partial charge in [-0.25, -0.2) is 4.90 Å². The van der Waals surface area contributed by atoms with E-state index in [0.717, 1.165) is 16.9 Å². The molecule has 2 heterocycles. The van der Waals surface area contributed by atoms with E-state index in [9.17, 15) is 9.59 Å². The molecule has 0 atom stereocenters.